The Kier molecular flexibility index (Phi) is 6.55. The van der Waals surface area contributed by atoms with Gasteiger partial charge in [-0.05, 0) is 36.8 Å². The van der Waals surface area contributed by atoms with E-state index in [1.807, 2.05) is 13.0 Å². The van der Waals surface area contributed by atoms with Crippen LogP contribution in [-0.4, -0.2) is 28.0 Å². The van der Waals surface area contributed by atoms with E-state index in [0.29, 0.717) is 23.5 Å². The van der Waals surface area contributed by atoms with E-state index in [-0.39, 0.29) is 10.8 Å². The monoisotopic (exact) mass is 362 g/mol. The van der Waals surface area contributed by atoms with Crippen molar-refractivity contribution in [2.45, 2.75) is 24.7 Å². The predicted octanol–water partition coefficient (Wildman–Crippen LogP) is 3.03. The fraction of sp³-hybridized carbons (Fsp3) is 0.278. The molecule has 0 aliphatic carbocycles. The van der Waals surface area contributed by atoms with Crippen molar-refractivity contribution >= 4 is 21.6 Å². The third kappa shape index (κ3) is 5.04. The summed E-state index contributed by atoms with van der Waals surface area (Å²) < 4.78 is 32.5. The standard InChI is InChI=1S/C18H22N2O4S/c1-3-4-12-19-25(22,23)15-10-11-17(24-2)16(13-15)20-18(21)14-8-6-5-7-9-14/h5-11,13,19H,3-4,12H2,1-2H3,(H,20,21). The Hall–Kier alpha value is -2.38. The highest BCUT2D eigenvalue weighted by atomic mass is 32.2. The lowest BCUT2D eigenvalue weighted by Gasteiger charge is -2.13. The van der Waals surface area contributed by atoms with E-state index in [0.717, 1.165) is 12.8 Å². The molecule has 2 N–H and O–H groups in total. The zero-order valence-electron chi connectivity index (χ0n) is 14.3. The fourth-order valence-corrected chi connectivity index (χ4v) is 3.30. The summed E-state index contributed by atoms with van der Waals surface area (Å²) in [6.45, 7) is 2.36. The van der Waals surface area contributed by atoms with Gasteiger partial charge in [-0.3, -0.25) is 4.79 Å². The normalized spacial score (nSPS) is 11.1. The summed E-state index contributed by atoms with van der Waals surface area (Å²) in [5.74, 6) is 0.0455. The first-order valence-electron chi connectivity index (χ1n) is 8.02. The number of hydrogen-bond acceptors (Lipinski definition) is 4. The van der Waals surface area contributed by atoms with Crippen molar-refractivity contribution in [3.05, 3.63) is 54.1 Å². The van der Waals surface area contributed by atoms with Gasteiger partial charge in [0.05, 0.1) is 17.7 Å². The summed E-state index contributed by atoms with van der Waals surface area (Å²) in [4.78, 5) is 12.4. The van der Waals surface area contributed by atoms with Crippen LogP contribution in [0, 0.1) is 0 Å². The molecule has 2 aromatic carbocycles. The van der Waals surface area contributed by atoms with Crippen LogP contribution in [0.25, 0.3) is 0 Å². The van der Waals surface area contributed by atoms with Gasteiger partial charge in [0.15, 0.2) is 0 Å². The highest BCUT2D eigenvalue weighted by Gasteiger charge is 2.17. The van der Waals surface area contributed by atoms with Crippen molar-refractivity contribution in [1.29, 1.82) is 0 Å². The van der Waals surface area contributed by atoms with Crippen LogP contribution in [0.4, 0.5) is 5.69 Å². The third-order valence-corrected chi connectivity index (χ3v) is 5.05. The maximum atomic E-state index is 12.3. The Balaban J connectivity index is 2.26. The first-order chi connectivity index (χ1) is 12.0. The number of ether oxygens (including phenoxy) is 1. The highest BCUT2D eigenvalue weighted by Crippen LogP contribution is 2.28. The smallest absolute Gasteiger partial charge is 0.255 e. The lowest BCUT2D eigenvalue weighted by molar-refractivity contribution is 0.102. The van der Waals surface area contributed by atoms with Crippen LogP contribution in [-0.2, 0) is 10.0 Å². The number of nitrogens with one attached hydrogen (secondary N) is 2. The molecular weight excluding hydrogens is 340 g/mol. The molecule has 0 bridgehead atoms. The molecule has 0 spiro atoms. The largest absolute Gasteiger partial charge is 0.495 e. The van der Waals surface area contributed by atoms with Gasteiger partial charge in [0.2, 0.25) is 10.0 Å². The van der Waals surface area contributed by atoms with Crippen molar-refractivity contribution in [2.24, 2.45) is 0 Å². The minimum atomic E-state index is -3.64. The average molecular weight is 362 g/mol. The van der Waals surface area contributed by atoms with Crippen LogP contribution in [0.5, 0.6) is 5.75 Å². The zero-order chi connectivity index (χ0) is 18.3. The molecule has 0 fully saturated rings. The van der Waals surface area contributed by atoms with Crippen LogP contribution in [0.3, 0.4) is 0 Å². The molecule has 6 nitrogen and oxygen atoms in total. The number of anilines is 1. The number of rotatable bonds is 8. The van der Waals surface area contributed by atoms with Crippen molar-refractivity contribution in [2.75, 3.05) is 19.0 Å². The Morgan fingerprint density at radius 2 is 1.84 bits per heavy atom. The van der Waals surface area contributed by atoms with Gasteiger partial charge in [0.25, 0.3) is 5.91 Å². The molecule has 25 heavy (non-hydrogen) atoms. The number of carbonyl (C=O) groups excluding carboxylic acids is 1. The number of benzene rings is 2. The SMILES string of the molecule is CCCCNS(=O)(=O)c1ccc(OC)c(NC(=O)c2ccccc2)c1. The van der Waals surface area contributed by atoms with E-state index in [2.05, 4.69) is 10.0 Å². The summed E-state index contributed by atoms with van der Waals surface area (Å²) in [6.07, 6.45) is 1.65. The minimum Gasteiger partial charge on any atom is -0.495 e. The molecule has 2 aromatic rings. The van der Waals surface area contributed by atoms with Gasteiger partial charge < -0.3 is 10.1 Å². The van der Waals surface area contributed by atoms with Crippen LogP contribution in [0.1, 0.15) is 30.1 Å². The van der Waals surface area contributed by atoms with Crippen molar-refractivity contribution in [1.82, 2.24) is 4.72 Å². The second-order valence-corrected chi connectivity index (χ2v) is 7.20. The lowest BCUT2D eigenvalue weighted by atomic mass is 10.2. The Morgan fingerprint density at radius 3 is 2.48 bits per heavy atom. The molecule has 0 aromatic heterocycles. The van der Waals surface area contributed by atoms with Crippen LogP contribution in [0.15, 0.2) is 53.4 Å². The highest BCUT2D eigenvalue weighted by molar-refractivity contribution is 7.89. The molecule has 0 unspecified atom stereocenters. The predicted molar refractivity (Wildman–Crippen MR) is 97.5 cm³/mol. The number of amides is 1. The molecular formula is C18H22N2O4S. The van der Waals surface area contributed by atoms with E-state index >= 15 is 0 Å². The van der Waals surface area contributed by atoms with Crippen molar-refractivity contribution in [3.63, 3.8) is 0 Å². The molecule has 7 heteroatoms. The molecule has 0 saturated carbocycles. The van der Waals surface area contributed by atoms with Crippen molar-refractivity contribution in [3.8, 4) is 5.75 Å². The van der Waals surface area contributed by atoms with E-state index in [9.17, 15) is 13.2 Å². The van der Waals surface area contributed by atoms with E-state index in [4.69, 9.17) is 4.74 Å². The molecule has 134 valence electrons. The first-order valence-corrected chi connectivity index (χ1v) is 9.50. The number of sulfonamides is 1. The maximum Gasteiger partial charge on any atom is 0.255 e. The lowest BCUT2D eigenvalue weighted by Crippen LogP contribution is -2.25. The van der Waals surface area contributed by atoms with Gasteiger partial charge in [-0.2, -0.15) is 0 Å². The maximum absolute atomic E-state index is 12.3. The topological polar surface area (TPSA) is 84.5 Å². The molecule has 0 atom stereocenters. The van der Waals surface area contributed by atoms with Gasteiger partial charge in [0.1, 0.15) is 5.75 Å². The quantitative estimate of drug-likeness (QED) is 0.707. The molecule has 0 saturated heterocycles. The zero-order valence-corrected chi connectivity index (χ0v) is 15.1. The number of unbranched alkanes of at least 4 members (excludes halogenated alkanes) is 1. The van der Waals surface area contributed by atoms with Crippen molar-refractivity contribution < 1.29 is 17.9 Å². The summed E-state index contributed by atoms with van der Waals surface area (Å²) in [7, 11) is -2.18. The molecule has 1 amide bonds. The minimum absolute atomic E-state index is 0.0766. The molecule has 2 rings (SSSR count). The van der Waals surface area contributed by atoms with Gasteiger partial charge in [-0.15, -0.1) is 0 Å². The Bertz CT molecular complexity index is 820. The van der Waals surface area contributed by atoms with Gasteiger partial charge in [-0.1, -0.05) is 31.5 Å². The van der Waals surface area contributed by atoms with Crippen LogP contribution >= 0.6 is 0 Å². The molecule has 0 radical (unpaired) electrons. The number of methoxy groups -OCH3 is 1. The molecule has 0 aliphatic heterocycles. The van der Waals surface area contributed by atoms with E-state index in [1.54, 1.807) is 24.3 Å². The fourth-order valence-electron chi connectivity index (χ4n) is 2.20. The summed E-state index contributed by atoms with van der Waals surface area (Å²) in [5, 5.41) is 2.70. The van der Waals surface area contributed by atoms with E-state index < -0.39 is 10.0 Å². The third-order valence-electron chi connectivity index (χ3n) is 3.59. The van der Waals surface area contributed by atoms with Gasteiger partial charge in [0, 0.05) is 12.1 Å². The second-order valence-electron chi connectivity index (χ2n) is 5.43. The summed E-state index contributed by atoms with van der Waals surface area (Å²) in [5.41, 5.74) is 0.772. The number of carbonyl (C=O) groups is 1. The van der Waals surface area contributed by atoms with Crippen LogP contribution < -0.4 is 14.8 Å². The Labute approximate surface area is 148 Å². The summed E-state index contributed by atoms with van der Waals surface area (Å²) >= 11 is 0. The molecule has 0 heterocycles. The Morgan fingerprint density at radius 1 is 1.12 bits per heavy atom. The summed E-state index contributed by atoms with van der Waals surface area (Å²) in [6, 6.07) is 13.0. The van der Waals surface area contributed by atoms with Gasteiger partial charge in [-0.25, -0.2) is 13.1 Å². The average Bonchev–Trinajstić information content (AvgIpc) is 2.62. The van der Waals surface area contributed by atoms with E-state index in [1.165, 1.54) is 25.3 Å². The second kappa shape index (κ2) is 8.64. The van der Waals surface area contributed by atoms with Crippen LogP contribution in [0.2, 0.25) is 0 Å². The van der Waals surface area contributed by atoms with Gasteiger partial charge >= 0.3 is 0 Å². The molecule has 0 aliphatic rings. The first kappa shape index (κ1) is 19.0. The number of hydrogen-bond donors (Lipinski definition) is 2.